The van der Waals surface area contributed by atoms with Crippen molar-refractivity contribution in [2.45, 2.75) is 26.3 Å². The van der Waals surface area contributed by atoms with Crippen LogP contribution in [0.4, 0.5) is 4.39 Å². The molecule has 6 heteroatoms. The zero-order valence-electron chi connectivity index (χ0n) is 14.6. The summed E-state index contributed by atoms with van der Waals surface area (Å²) in [5.41, 5.74) is 2.68. The molecule has 0 aliphatic carbocycles. The molecule has 0 saturated carbocycles. The number of carbonyl (C=O) groups is 1. The molecule has 1 aromatic heterocycles. The third kappa shape index (κ3) is 2.92. The van der Waals surface area contributed by atoms with Gasteiger partial charge in [-0.15, -0.1) is 0 Å². The van der Waals surface area contributed by atoms with Crippen molar-refractivity contribution in [2.75, 3.05) is 13.7 Å². The molecule has 3 rings (SSSR count). The Morgan fingerprint density at radius 3 is 2.48 bits per heavy atom. The smallest absolute Gasteiger partial charge is 0.293 e. The standard InChI is InChI=1S/C19H21FN2O3/c1-4-15-14-9-10-22(11-12-5-7-13(20)8-6-12)18(23)16(14)17(25-3)19(24)21(15)2/h5-8H,4,9-11H2,1-3H3. The van der Waals surface area contributed by atoms with Gasteiger partial charge in [-0.1, -0.05) is 19.1 Å². The number of hydrogen-bond acceptors (Lipinski definition) is 3. The van der Waals surface area contributed by atoms with Crippen LogP contribution in [-0.2, 0) is 26.4 Å². The number of ether oxygens (including phenoxy) is 1. The van der Waals surface area contributed by atoms with Gasteiger partial charge in [0.25, 0.3) is 11.5 Å². The van der Waals surface area contributed by atoms with E-state index in [1.165, 1.54) is 19.2 Å². The van der Waals surface area contributed by atoms with Gasteiger partial charge in [0.2, 0.25) is 0 Å². The quantitative estimate of drug-likeness (QED) is 0.855. The molecule has 1 amide bonds. The van der Waals surface area contributed by atoms with Gasteiger partial charge in [0.05, 0.1) is 12.7 Å². The third-order valence-corrected chi connectivity index (χ3v) is 4.74. The van der Waals surface area contributed by atoms with Gasteiger partial charge >= 0.3 is 0 Å². The van der Waals surface area contributed by atoms with Gasteiger partial charge in [0, 0.05) is 25.8 Å². The molecule has 132 valence electrons. The van der Waals surface area contributed by atoms with Crippen LogP contribution in [0.5, 0.6) is 5.75 Å². The maximum Gasteiger partial charge on any atom is 0.293 e. The fourth-order valence-corrected chi connectivity index (χ4v) is 3.47. The second-order valence-corrected chi connectivity index (χ2v) is 6.15. The van der Waals surface area contributed by atoms with Gasteiger partial charge in [-0.2, -0.15) is 0 Å². The Kier molecular flexibility index (Phi) is 4.61. The normalized spacial score (nSPS) is 13.8. The van der Waals surface area contributed by atoms with Gasteiger partial charge in [0.15, 0.2) is 5.75 Å². The molecule has 25 heavy (non-hydrogen) atoms. The maximum absolute atomic E-state index is 13.1. The molecule has 1 aromatic carbocycles. The molecule has 0 N–H and O–H groups in total. The number of benzene rings is 1. The van der Waals surface area contributed by atoms with E-state index in [1.807, 2.05) is 6.92 Å². The lowest BCUT2D eigenvalue weighted by Crippen LogP contribution is -2.40. The molecule has 0 atom stereocenters. The Labute approximate surface area is 145 Å². The van der Waals surface area contributed by atoms with E-state index in [2.05, 4.69) is 0 Å². The molecule has 5 nitrogen and oxygen atoms in total. The second-order valence-electron chi connectivity index (χ2n) is 6.15. The minimum Gasteiger partial charge on any atom is -0.490 e. The Bertz CT molecular complexity index is 872. The summed E-state index contributed by atoms with van der Waals surface area (Å²) in [6, 6.07) is 6.08. The van der Waals surface area contributed by atoms with Crippen molar-refractivity contribution in [1.82, 2.24) is 9.47 Å². The van der Waals surface area contributed by atoms with E-state index in [0.717, 1.165) is 16.8 Å². The summed E-state index contributed by atoms with van der Waals surface area (Å²) in [4.78, 5) is 27.2. The van der Waals surface area contributed by atoms with Crippen molar-refractivity contribution in [3.8, 4) is 5.75 Å². The van der Waals surface area contributed by atoms with Crippen molar-refractivity contribution in [3.05, 3.63) is 62.8 Å². The van der Waals surface area contributed by atoms with E-state index in [0.29, 0.717) is 31.5 Å². The number of carbonyl (C=O) groups excluding carboxylic acids is 1. The molecule has 0 radical (unpaired) electrons. The van der Waals surface area contributed by atoms with Crippen LogP contribution in [0.1, 0.15) is 34.1 Å². The van der Waals surface area contributed by atoms with Crippen LogP contribution in [0.25, 0.3) is 0 Å². The highest BCUT2D eigenvalue weighted by Gasteiger charge is 2.32. The van der Waals surface area contributed by atoms with Crippen LogP contribution in [-0.4, -0.2) is 29.0 Å². The lowest BCUT2D eigenvalue weighted by molar-refractivity contribution is 0.0721. The fraction of sp³-hybridized carbons (Fsp3) is 0.368. The monoisotopic (exact) mass is 344 g/mol. The third-order valence-electron chi connectivity index (χ3n) is 4.74. The number of aromatic nitrogens is 1. The van der Waals surface area contributed by atoms with Gasteiger partial charge in [-0.3, -0.25) is 9.59 Å². The zero-order valence-corrected chi connectivity index (χ0v) is 14.6. The number of rotatable bonds is 4. The maximum atomic E-state index is 13.1. The molecular formula is C19H21FN2O3. The average Bonchev–Trinajstić information content (AvgIpc) is 2.61. The molecule has 1 aliphatic rings. The van der Waals surface area contributed by atoms with Gasteiger partial charge in [0.1, 0.15) is 5.82 Å². The largest absolute Gasteiger partial charge is 0.490 e. The first-order valence-corrected chi connectivity index (χ1v) is 8.30. The minimum atomic E-state index is -0.309. The van der Waals surface area contributed by atoms with E-state index in [9.17, 15) is 14.0 Å². The molecule has 0 unspecified atom stereocenters. The van der Waals surface area contributed by atoms with Gasteiger partial charge < -0.3 is 14.2 Å². The molecule has 1 aliphatic heterocycles. The number of amides is 1. The lowest BCUT2D eigenvalue weighted by Gasteiger charge is -2.31. The molecule has 0 bridgehead atoms. The summed E-state index contributed by atoms with van der Waals surface area (Å²) in [6.45, 7) is 2.90. The molecule has 0 spiro atoms. The first-order chi connectivity index (χ1) is 12.0. The second kappa shape index (κ2) is 6.70. The topological polar surface area (TPSA) is 51.5 Å². The summed E-state index contributed by atoms with van der Waals surface area (Å²) in [5, 5.41) is 0. The highest BCUT2D eigenvalue weighted by Crippen LogP contribution is 2.29. The highest BCUT2D eigenvalue weighted by molar-refractivity contribution is 5.99. The first-order valence-electron chi connectivity index (χ1n) is 8.30. The zero-order chi connectivity index (χ0) is 18.1. The van der Waals surface area contributed by atoms with Crippen molar-refractivity contribution in [2.24, 2.45) is 7.05 Å². The predicted molar refractivity (Wildman–Crippen MR) is 92.5 cm³/mol. The Morgan fingerprint density at radius 1 is 1.20 bits per heavy atom. The summed E-state index contributed by atoms with van der Waals surface area (Å²) in [6.07, 6.45) is 1.33. The first kappa shape index (κ1) is 17.2. The van der Waals surface area contributed by atoms with E-state index in [-0.39, 0.29) is 23.0 Å². The van der Waals surface area contributed by atoms with Crippen LogP contribution < -0.4 is 10.3 Å². The van der Waals surface area contributed by atoms with E-state index < -0.39 is 0 Å². The van der Waals surface area contributed by atoms with Crippen molar-refractivity contribution >= 4 is 5.91 Å². The van der Waals surface area contributed by atoms with Crippen molar-refractivity contribution in [3.63, 3.8) is 0 Å². The van der Waals surface area contributed by atoms with Crippen molar-refractivity contribution in [1.29, 1.82) is 0 Å². The number of nitrogens with zero attached hydrogens (tertiary/aromatic N) is 2. The number of fused-ring (bicyclic) bond motifs is 1. The Hall–Kier alpha value is -2.63. The van der Waals surface area contributed by atoms with Crippen LogP contribution >= 0.6 is 0 Å². The van der Waals surface area contributed by atoms with Gasteiger partial charge in [-0.05, 0) is 36.1 Å². The number of pyridine rings is 1. The van der Waals surface area contributed by atoms with Crippen LogP contribution in [0.15, 0.2) is 29.1 Å². The number of hydrogen-bond donors (Lipinski definition) is 0. The minimum absolute atomic E-state index is 0.100. The Balaban J connectivity index is 2.03. The SMILES string of the molecule is CCc1c2c(c(OC)c(=O)n1C)C(=O)N(Cc1ccc(F)cc1)CC2. The highest BCUT2D eigenvalue weighted by atomic mass is 19.1. The van der Waals surface area contributed by atoms with Gasteiger partial charge in [-0.25, -0.2) is 4.39 Å². The Morgan fingerprint density at radius 2 is 1.88 bits per heavy atom. The lowest BCUT2D eigenvalue weighted by atomic mass is 9.95. The predicted octanol–water partition coefficient (Wildman–Crippen LogP) is 2.29. The molecule has 2 heterocycles. The average molecular weight is 344 g/mol. The van der Waals surface area contributed by atoms with Crippen molar-refractivity contribution < 1.29 is 13.9 Å². The van der Waals surface area contributed by atoms with E-state index >= 15 is 0 Å². The summed E-state index contributed by atoms with van der Waals surface area (Å²) in [7, 11) is 3.12. The van der Waals surface area contributed by atoms with E-state index in [4.69, 9.17) is 4.74 Å². The van der Waals surface area contributed by atoms with E-state index in [1.54, 1.807) is 28.6 Å². The molecule has 0 saturated heterocycles. The summed E-state index contributed by atoms with van der Waals surface area (Å²) < 4.78 is 19.9. The molecule has 2 aromatic rings. The summed E-state index contributed by atoms with van der Waals surface area (Å²) >= 11 is 0. The fourth-order valence-electron chi connectivity index (χ4n) is 3.47. The number of halogens is 1. The molecular weight excluding hydrogens is 323 g/mol. The molecule has 0 fully saturated rings. The summed E-state index contributed by atoms with van der Waals surface area (Å²) in [5.74, 6) is -0.421. The number of methoxy groups -OCH3 is 1. The van der Waals surface area contributed by atoms with Crippen LogP contribution in [0.3, 0.4) is 0 Å². The van der Waals surface area contributed by atoms with Crippen LogP contribution in [0, 0.1) is 5.82 Å². The van der Waals surface area contributed by atoms with Crippen LogP contribution in [0.2, 0.25) is 0 Å².